The standard InChI is InChI=1S/C15H15ClN2O3/c1-20-11-5-6-14(13(17)8-11)18-15(19)9-21-12-4-2-3-10(16)7-12/h2-8H,9,17H2,1H3,(H,18,19). The third kappa shape index (κ3) is 4.29. The highest BCUT2D eigenvalue weighted by molar-refractivity contribution is 6.30. The maximum absolute atomic E-state index is 11.8. The Kier molecular flexibility index (Phi) is 4.90. The second kappa shape index (κ2) is 6.85. The molecule has 0 spiro atoms. The van der Waals surface area contributed by atoms with Crippen molar-refractivity contribution in [3.05, 3.63) is 47.5 Å². The molecule has 5 nitrogen and oxygen atoms in total. The van der Waals surface area contributed by atoms with Crippen LogP contribution in [0.4, 0.5) is 11.4 Å². The summed E-state index contributed by atoms with van der Waals surface area (Å²) in [5.41, 5.74) is 6.75. The number of methoxy groups -OCH3 is 1. The Labute approximate surface area is 127 Å². The van der Waals surface area contributed by atoms with Crippen LogP contribution in [0.25, 0.3) is 0 Å². The first-order valence-corrected chi connectivity index (χ1v) is 6.58. The molecule has 0 unspecified atom stereocenters. The number of anilines is 2. The molecule has 2 rings (SSSR count). The van der Waals surface area contributed by atoms with Gasteiger partial charge in [-0.25, -0.2) is 0 Å². The van der Waals surface area contributed by atoms with Gasteiger partial charge in [-0.15, -0.1) is 0 Å². The smallest absolute Gasteiger partial charge is 0.262 e. The highest BCUT2D eigenvalue weighted by atomic mass is 35.5. The monoisotopic (exact) mass is 306 g/mol. The van der Waals surface area contributed by atoms with Gasteiger partial charge in [0.25, 0.3) is 5.91 Å². The van der Waals surface area contributed by atoms with Gasteiger partial charge in [-0.3, -0.25) is 4.79 Å². The molecule has 1 amide bonds. The fourth-order valence-electron chi connectivity index (χ4n) is 1.67. The normalized spacial score (nSPS) is 10.0. The Morgan fingerprint density at radius 1 is 1.24 bits per heavy atom. The van der Waals surface area contributed by atoms with E-state index >= 15 is 0 Å². The largest absolute Gasteiger partial charge is 0.497 e. The van der Waals surface area contributed by atoms with E-state index in [0.717, 1.165) is 0 Å². The zero-order valence-corrected chi connectivity index (χ0v) is 12.2. The predicted octanol–water partition coefficient (Wildman–Crippen LogP) is 2.95. The number of rotatable bonds is 5. The van der Waals surface area contributed by atoms with Crippen LogP contribution >= 0.6 is 11.6 Å². The van der Waals surface area contributed by atoms with Crippen molar-refractivity contribution in [2.45, 2.75) is 0 Å². The second-order valence-corrected chi connectivity index (χ2v) is 4.68. The maximum atomic E-state index is 11.8. The summed E-state index contributed by atoms with van der Waals surface area (Å²) < 4.78 is 10.4. The average molecular weight is 307 g/mol. The number of benzene rings is 2. The lowest BCUT2D eigenvalue weighted by Gasteiger charge is -2.10. The summed E-state index contributed by atoms with van der Waals surface area (Å²) >= 11 is 5.83. The molecule has 0 aliphatic rings. The summed E-state index contributed by atoms with van der Waals surface area (Å²) in [7, 11) is 1.55. The number of nitrogen functional groups attached to an aromatic ring is 1. The van der Waals surface area contributed by atoms with E-state index in [9.17, 15) is 4.79 Å². The number of halogens is 1. The SMILES string of the molecule is COc1ccc(NC(=O)COc2cccc(Cl)c2)c(N)c1. The Balaban J connectivity index is 1.93. The molecule has 0 radical (unpaired) electrons. The van der Waals surface area contributed by atoms with Gasteiger partial charge in [0.05, 0.1) is 18.5 Å². The number of carbonyl (C=O) groups is 1. The number of carbonyl (C=O) groups excluding carboxylic acids is 1. The lowest BCUT2D eigenvalue weighted by molar-refractivity contribution is -0.118. The van der Waals surface area contributed by atoms with Crippen molar-refractivity contribution < 1.29 is 14.3 Å². The first-order chi connectivity index (χ1) is 10.1. The Hall–Kier alpha value is -2.40. The molecule has 0 heterocycles. The molecule has 0 bridgehead atoms. The molecule has 0 aliphatic heterocycles. The molecule has 0 fully saturated rings. The van der Waals surface area contributed by atoms with E-state index in [2.05, 4.69) is 5.32 Å². The van der Waals surface area contributed by atoms with Gasteiger partial charge in [0.2, 0.25) is 0 Å². The second-order valence-electron chi connectivity index (χ2n) is 4.25. The number of nitrogens with two attached hydrogens (primary N) is 1. The summed E-state index contributed by atoms with van der Waals surface area (Å²) in [5.74, 6) is 0.841. The minimum absolute atomic E-state index is 0.133. The molecule has 110 valence electrons. The lowest BCUT2D eigenvalue weighted by atomic mass is 10.2. The predicted molar refractivity (Wildman–Crippen MR) is 83.0 cm³/mol. The van der Waals surface area contributed by atoms with Crippen LogP contribution in [0.15, 0.2) is 42.5 Å². The van der Waals surface area contributed by atoms with E-state index in [0.29, 0.717) is 27.9 Å². The molecule has 0 atom stereocenters. The maximum Gasteiger partial charge on any atom is 0.262 e. The summed E-state index contributed by atoms with van der Waals surface area (Å²) in [4.78, 5) is 11.8. The molecule has 21 heavy (non-hydrogen) atoms. The number of amides is 1. The third-order valence-corrected chi connectivity index (χ3v) is 2.93. The molecule has 3 N–H and O–H groups in total. The Bertz CT molecular complexity index is 647. The highest BCUT2D eigenvalue weighted by Crippen LogP contribution is 2.24. The van der Waals surface area contributed by atoms with Gasteiger partial charge in [-0.05, 0) is 30.3 Å². The van der Waals surface area contributed by atoms with Crippen LogP contribution in [-0.2, 0) is 4.79 Å². The molecule has 2 aromatic carbocycles. The minimum Gasteiger partial charge on any atom is -0.497 e. The van der Waals surface area contributed by atoms with Crippen LogP contribution in [0, 0.1) is 0 Å². The van der Waals surface area contributed by atoms with Crippen LogP contribution in [0.3, 0.4) is 0 Å². The van der Waals surface area contributed by atoms with Gasteiger partial charge in [-0.1, -0.05) is 17.7 Å². The molecular weight excluding hydrogens is 292 g/mol. The first-order valence-electron chi connectivity index (χ1n) is 6.20. The summed E-state index contributed by atoms with van der Waals surface area (Å²) in [5, 5.41) is 3.22. The summed E-state index contributed by atoms with van der Waals surface area (Å²) in [6.45, 7) is -0.133. The van der Waals surface area contributed by atoms with Crippen LogP contribution < -0.4 is 20.5 Å². The van der Waals surface area contributed by atoms with Gasteiger partial charge in [0.1, 0.15) is 11.5 Å². The van der Waals surface area contributed by atoms with Crippen molar-refractivity contribution in [3.8, 4) is 11.5 Å². The van der Waals surface area contributed by atoms with Crippen molar-refractivity contribution in [2.24, 2.45) is 0 Å². The van der Waals surface area contributed by atoms with Crippen LogP contribution in [0.2, 0.25) is 5.02 Å². The van der Waals surface area contributed by atoms with Gasteiger partial charge < -0.3 is 20.5 Å². The summed E-state index contributed by atoms with van der Waals surface area (Å²) in [6.07, 6.45) is 0. The van der Waals surface area contributed by atoms with E-state index in [4.69, 9.17) is 26.8 Å². The molecule has 0 aliphatic carbocycles. The average Bonchev–Trinajstić information content (AvgIpc) is 2.47. The Morgan fingerprint density at radius 2 is 2.05 bits per heavy atom. The van der Waals surface area contributed by atoms with Crippen molar-refractivity contribution in [2.75, 3.05) is 24.8 Å². The summed E-state index contributed by atoms with van der Waals surface area (Å²) in [6, 6.07) is 11.9. The molecule has 2 aromatic rings. The van der Waals surface area contributed by atoms with Crippen LogP contribution in [-0.4, -0.2) is 19.6 Å². The van der Waals surface area contributed by atoms with Gasteiger partial charge in [0.15, 0.2) is 6.61 Å². The van der Waals surface area contributed by atoms with E-state index in [1.54, 1.807) is 49.6 Å². The molecular formula is C15H15ClN2O3. The fraction of sp³-hybridized carbons (Fsp3) is 0.133. The van der Waals surface area contributed by atoms with Crippen LogP contribution in [0.5, 0.6) is 11.5 Å². The third-order valence-electron chi connectivity index (χ3n) is 2.70. The van der Waals surface area contributed by atoms with Crippen molar-refractivity contribution >= 4 is 28.9 Å². The van der Waals surface area contributed by atoms with Crippen molar-refractivity contribution in [1.82, 2.24) is 0 Å². The van der Waals surface area contributed by atoms with E-state index < -0.39 is 0 Å². The minimum atomic E-state index is -0.313. The number of ether oxygens (including phenoxy) is 2. The first kappa shape index (κ1) is 15.0. The Morgan fingerprint density at radius 3 is 2.71 bits per heavy atom. The zero-order valence-electron chi connectivity index (χ0n) is 11.4. The fourth-order valence-corrected chi connectivity index (χ4v) is 1.85. The van der Waals surface area contributed by atoms with Gasteiger partial charge in [-0.2, -0.15) is 0 Å². The highest BCUT2D eigenvalue weighted by Gasteiger charge is 2.07. The molecule has 0 aromatic heterocycles. The number of hydrogen-bond donors (Lipinski definition) is 2. The lowest BCUT2D eigenvalue weighted by Crippen LogP contribution is -2.20. The van der Waals surface area contributed by atoms with E-state index in [-0.39, 0.29) is 12.5 Å². The van der Waals surface area contributed by atoms with Crippen molar-refractivity contribution in [1.29, 1.82) is 0 Å². The number of hydrogen-bond acceptors (Lipinski definition) is 4. The quantitative estimate of drug-likeness (QED) is 0.833. The van der Waals surface area contributed by atoms with Crippen LogP contribution in [0.1, 0.15) is 0 Å². The van der Waals surface area contributed by atoms with Crippen molar-refractivity contribution in [3.63, 3.8) is 0 Å². The van der Waals surface area contributed by atoms with Gasteiger partial charge in [0, 0.05) is 11.1 Å². The van der Waals surface area contributed by atoms with E-state index in [1.165, 1.54) is 0 Å². The van der Waals surface area contributed by atoms with E-state index in [1.807, 2.05) is 0 Å². The number of nitrogens with one attached hydrogen (secondary N) is 1. The topological polar surface area (TPSA) is 73.6 Å². The zero-order chi connectivity index (χ0) is 15.2. The molecule has 6 heteroatoms. The molecule has 0 saturated heterocycles. The van der Waals surface area contributed by atoms with Gasteiger partial charge >= 0.3 is 0 Å². The molecule has 0 saturated carbocycles.